The Morgan fingerprint density at radius 3 is 2.72 bits per heavy atom. The number of methoxy groups -OCH3 is 1. The van der Waals surface area contributed by atoms with Gasteiger partial charge in [-0.25, -0.2) is 0 Å². The van der Waals surface area contributed by atoms with Crippen LogP contribution in [0.3, 0.4) is 0 Å². The molecule has 0 atom stereocenters. The van der Waals surface area contributed by atoms with Crippen molar-refractivity contribution in [3.05, 3.63) is 46.7 Å². The Hall–Kier alpha value is -1.52. The number of ether oxygens (including phenoxy) is 2. The van der Waals surface area contributed by atoms with Crippen molar-refractivity contribution in [3.63, 3.8) is 0 Å². The zero-order chi connectivity index (χ0) is 12.6. The predicted molar refractivity (Wildman–Crippen MR) is 74.5 cm³/mol. The summed E-state index contributed by atoms with van der Waals surface area (Å²) in [4.78, 5) is 0. The van der Waals surface area contributed by atoms with Gasteiger partial charge in [0, 0.05) is 13.1 Å². The summed E-state index contributed by atoms with van der Waals surface area (Å²) >= 11 is 1.72. The quantitative estimate of drug-likeness (QED) is 0.779. The molecule has 0 unspecified atom stereocenters. The molecule has 3 nitrogen and oxygen atoms in total. The molecule has 1 heterocycles. The Bertz CT molecular complexity index is 457. The lowest BCUT2D eigenvalue weighted by atomic mass is 10.3. The summed E-state index contributed by atoms with van der Waals surface area (Å²) < 4.78 is 10.9. The van der Waals surface area contributed by atoms with Crippen LogP contribution in [0.4, 0.5) is 0 Å². The molecule has 0 fully saturated rings. The minimum atomic E-state index is 0.629. The van der Waals surface area contributed by atoms with Gasteiger partial charge in [0.1, 0.15) is 6.61 Å². The van der Waals surface area contributed by atoms with Crippen molar-refractivity contribution in [2.45, 2.75) is 6.54 Å². The van der Waals surface area contributed by atoms with Crippen molar-refractivity contribution in [2.75, 3.05) is 20.3 Å². The van der Waals surface area contributed by atoms with Gasteiger partial charge in [0.25, 0.3) is 0 Å². The summed E-state index contributed by atoms with van der Waals surface area (Å²) in [6.45, 7) is 2.33. The van der Waals surface area contributed by atoms with Crippen LogP contribution in [0, 0.1) is 0 Å². The molecule has 1 aromatic heterocycles. The average molecular weight is 263 g/mol. The third-order valence-electron chi connectivity index (χ3n) is 2.51. The van der Waals surface area contributed by atoms with Gasteiger partial charge in [-0.2, -0.15) is 11.3 Å². The molecular formula is C14H17NO2S. The second kappa shape index (κ2) is 7.03. The molecule has 1 N–H and O–H groups in total. The molecule has 2 rings (SSSR count). The van der Waals surface area contributed by atoms with E-state index in [1.807, 2.05) is 24.3 Å². The van der Waals surface area contributed by atoms with Crippen LogP contribution in [0.2, 0.25) is 0 Å². The molecule has 4 heteroatoms. The molecule has 0 aliphatic heterocycles. The molecule has 0 amide bonds. The SMILES string of the molecule is COc1ccccc1OCCNCc1ccsc1. The zero-order valence-corrected chi connectivity index (χ0v) is 11.2. The van der Waals surface area contributed by atoms with E-state index in [9.17, 15) is 0 Å². The van der Waals surface area contributed by atoms with E-state index < -0.39 is 0 Å². The predicted octanol–water partition coefficient (Wildman–Crippen LogP) is 2.93. The van der Waals surface area contributed by atoms with Crippen LogP contribution in [-0.4, -0.2) is 20.3 Å². The second-order valence-corrected chi connectivity index (χ2v) is 4.59. The van der Waals surface area contributed by atoms with Gasteiger partial charge in [-0.05, 0) is 34.5 Å². The van der Waals surface area contributed by atoms with Crippen molar-refractivity contribution in [1.82, 2.24) is 5.32 Å². The monoisotopic (exact) mass is 263 g/mol. The van der Waals surface area contributed by atoms with Gasteiger partial charge in [0.2, 0.25) is 0 Å². The average Bonchev–Trinajstić information content (AvgIpc) is 2.92. The van der Waals surface area contributed by atoms with Gasteiger partial charge in [0.15, 0.2) is 11.5 Å². The molecule has 0 aliphatic rings. The lowest BCUT2D eigenvalue weighted by molar-refractivity contribution is 0.292. The van der Waals surface area contributed by atoms with Gasteiger partial charge in [-0.1, -0.05) is 12.1 Å². The highest BCUT2D eigenvalue weighted by Crippen LogP contribution is 2.25. The largest absolute Gasteiger partial charge is 0.493 e. The topological polar surface area (TPSA) is 30.5 Å². The number of benzene rings is 1. The number of para-hydroxylation sites is 2. The first-order valence-corrected chi connectivity index (χ1v) is 6.82. The van der Waals surface area contributed by atoms with E-state index in [-0.39, 0.29) is 0 Å². The fraction of sp³-hybridized carbons (Fsp3) is 0.286. The third-order valence-corrected chi connectivity index (χ3v) is 3.25. The van der Waals surface area contributed by atoms with E-state index in [1.165, 1.54) is 5.56 Å². The Morgan fingerprint density at radius 1 is 1.17 bits per heavy atom. The molecule has 0 radical (unpaired) electrons. The van der Waals surface area contributed by atoms with Gasteiger partial charge < -0.3 is 14.8 Å². The Balaban J connectivity index is 1.69. The summed E-state index contributed by atoms with van der Waals surface area (Å²) in [5.74, 6) is 1.56. The highest BCUT2D eigenvalue weighted by molar-refractivity contribution is 7.07. The molecule has 0 saturated heterocycles. The van der Waals surface area contributed by atoms with Crippen molar-refractivity contribution in [1.29, 1.82) is 0 Å². The maximum absolute atomic E-state index is 5.66. The van der Waals surface area contributed by atoms with Crippen LogP contribution in [0.5, 0.6) is 11.5 Å². The summed E-state index contributed by atoms with van der Waals surface area (Å²) in [7, 11) is 1.65. The van der Waals surface area contributed by atoms with Crippen molar-refractivity contribution >= 4 is 11.3 Å². The van der Waals surface area contributed by atoms with E-state index in [0.29, 0.717) is 6.61 Å². The second-order valence-electron chi connectivity index (χ2n) is 3.81. The van der Waals surface area contributed by atoms with Crippen molar-refractivity contribution in [3.8, 4) is 11.5 Å². The van der Waals surface area contributed by atoms with E-state index >= 15 is 0 Å². The molecule has 1 aromatic carbocycles. The molecule has 0 aliphatic carbocycles. The minimum Gasteiger partial charge on any atom is -0.493 e. The normalized spacial score (nSPS) is 10.3. The fourth-order valence-corrected chi connectivity index (χ4v) is 2.27. The highest BCUT2D eigenvalue weighted by atomic mass is 32.1. The van der Waals surface area contributed by atoms with E-state index in [0.717, 1.165) is 24.6 Å². The van der Waals surface area contributed by atoms with Crippen LogP contribution in [-0.2, 0) is 6.54 Å². The molecule has 96 valence electrons. The van der Waals surface area contributed by atoms with Crippen molar-refractivity contribution in [2.24, 2.45) is 0 Å². The fourth-order valence-electron chi connectivity index (χ4n) is 1.60. The Kier molecular flexibility index (Phi) is 5.05. The molecule has 2 aromatic rings. The maximum Gasteiger partial charge on any atom is 0.161 e. The van der Waals surface area contributed by atoms with E-state index in [2.05, 4.69) is 22.1 Å². The summed E-state index contributed by atoms with van der Waals surface area (Å²) in [5, 5.41) is 7.57. The molecule has 0 saturated carbocycles. The van der Waals surface area contributed by atoms with Crippen LogP contribution >= 0.6 is 11.3 Å². The number of rotatable bonds is 7. The molecule has 0 spiro atoms. The Labute approximate surface area is 111 Å². The third kappa shape index (κ3) is 3.75. The Morgan fingerprint density at radius 2 is 2.00 bits per heavy atom. The van der Waals surface area contributed by atoms with E-state index in [4.69, 9.17) is 9.47 Å². The van der Waals surface area contributed by atoms with Gasteiger partial charge in [0.05, 0.1) is 7.11 Å². The number of hydrogen-bond acceptors (Lipinski definition) is 4. The number of hydrogen-bond donors (Lipinski definition) is 1. The van der Waals surface area contributed by atoms with Crippen LogP contribution in [0.25, 0.3) is 0 Å². The summed E-state index contributed by atoms with van der Waals surface area (Å²) in [6.07, 6.45) is 0. The lowest BCUT2D eigenvalue weighted by Gasteiger charge is -2.10. The molecular weight excluding hydrogens is 246 g/mol. The minimum absolute atomic E-state index is 0.629. The van der Waals surface area contributed by atoms with E-state index in [1.54, 1.807) is 18.4 Å². The first kappa shape index (κ1) is 12.9. The van der Waals surface area contributed by atoms with Crippen LogP contribution in [0.15, 0.2) is 41.1 Å². The van der Waals surface area contributed by atoms with Crippen LogP contribution in [0.1, 0.15) is 5.56 Å². The van der Waals surface area contributed by atoms with Crippen molar-refractivity contribution < 1.29 is 9.47 Å². The zero-order valence-electron chi connectivity index (χ0n) is 10.4. The van der Waals surface area contributed by atoms with Crippen LogP contribution < -0.4 is 14.8 Å². The van der Waals surface area contributed by atoms with Gasteiger partial charge in [-0.3, -0.25) is 0 Å². The molecule has 18 heavy (non-hydrogen) atoms. The smallest absolute Gasteiger partial charge is 0.161 e. The summed E-state index contributed by atoms with van der Waals surface area (Å²) in [6, 6.07) is 9.81. The lowest BCUT2D eigenvalue weighted by Crippen LogP contribution is -2.20. The number of nitrogens with one attached hydrogen (secondary N) is 1. The number of thiophene rings is 1. The first-order chi connectivity index (χ1) is 8.90. The van der Waals surface area contributed by atoms with Gasteiger partial charge >= 0.3 is 0 Å². The standard InChI is InChI=1S/C14H17NO2S/c1-16-13-4-2-3-5-14(13)17-8-7-15-10-12-6-9-18-11-12/h2-6,9,11,15H,7-8,10H2,1H3. The highest BCUT2D eigenvalue weighted by Gasteiger charge is 2.01. The first-order valence-electron chi connectivity index (χ1n) is 5.88. The van der Waals surface area contributed by atoms with Gasteiger partial charge in [-0.15, -0.1) is 0 Å². The molecule has 0 bridgehead atoms. The summed E-state index contributed by atoms with van der Waals surface area (Å²) in [5.41, 5.74) is 1.32. The maximum atomic E-state index is 5.66.